The summed E-state index contributed by atoms with van der Waals surface area (Å²) in [5.74, 6) is -0.310. The minimum absolute atomic E-state index is 0.0841. The number of benzene rings is 1. The van der Waals surface area contributed by atoms with Gasteiger partial charge in [0.25, 0.3) is 0 Å². The fourth-order valence-electron chi connectivity index (χ4n) is 4.47. The first-order valence-corrected chi connectivity index (χ1v) is 11.0. The van der Waals surface area contributed by atoms with Crippen LogP contribution in [-0.4, -0.2) is 15.5 Å². The van der Waals surface area contributed by atoms with Crippen molar-refractivity contribution in [2.45, 2.75) is 52.1 Å². The minimum Gasteiger partial charge on any atom is -0.312 e. The summed E-state index contributed by atoms with van der Waals surface area (Å²) in [6.07, 6.45) is 6.77. The van der Waals surface area contributed by atoms with Gasteiger partial charge >= 0.3 is 6.03 Å². The summed E-state index contributed by atoms with van der Waals surface area (Å²) in [4.78, 5) is 16.6. The molecule has 0 saturated heterocycles. The predicted octanol–water partition coefficient (Wildman–Crippen LogP) is 5.97. The molecule has 4 nitrogen and oxygen atoms in total. The third kappa shape index (κ3) is 3.06. The Hall–Kier alpha value is -2.60. The number of hydrogen-bond acceptors (Lipinski definition) is 2. The Morgan fingerprint density at radius 2 is 2.03 bits per heavy atom. The molecule has 0 fully saturated rings. The van der Waals surface area contributed by atoms with Crippen LogP contribution in [0.4, 0.5) is 14.9 Å². The average molecular weight is 410 g/mol. The number of carbonyl (C=O) groups is 1. The van der Waals surface area contributed by atoms with Crippen molar-refractivity contribution in [1.82, 2.24) is 9.47 Å². The van der Waals surface area contributed by atoms with E-state index in [2.05, 4.69) is 29.1 Å². The zero-order chi connectivity index (χ0) is 20.1. The summed E-state index contributed by atoms with van der Waals surface area (Å²) in [6.45, 7) is 4.35. The van der Waals surface area contributed by atoms with Crippen LogP contribution in [0.3, 0.4) is 0 Å². The highest BCUT2D eigenvalue weighted by Crippen LogP contribution is 2.42. The smallest absolute Gasteiger partial charge is 0.312 e. The monoisotopic (exact) mass is 409 g/mol. The van der Waals surface area contributed by atoms with Gasteiger partial charge in [0.15, 0.2) is 0 Å². The lowest BCUT2D eigenvalue weighted by Gasteiger charge is -2.28. The summed E-state index contributed by atoms with van der Waals surface area (Å²) in [6, 6.07) is 8.68. The predicted molar refractivity (Wildman–Crippen MR) is 114 cm³/mol. The summed E-state index contributed by atoms with van der Waals surface area (Å²) < 4.78 is 16.2. The van der Waals surface area contributed by atoms with Crippen molar-refractivity contribution in [3.63, 3.8) is 0 Å². The second-order valence-corrected chi connectivity index (χ2v) is 9.08. The number of aromatic nitrogens is 1. The Morgan fingerprint density at radius 1 is 1.21 bits per heavy atom. The summed E-state index contributed by atoms with van der Waals surface area (Å²) in [5.41, 5.74) is 4.87. The van der Waals surface area contributed by atoms with E-state index in [9.17, 15) is 9.18 Å². The number of amides is 2. The van der Waals surface area contributed by atoms with Crippen LogP contribution in [0.5, 0.6) is 0 Å². The van der Waals surface area contributed by atoms with Gasteiger partial charge in [-0.15, -0.1) is 11.3 Å². The molecule has 1 unspecified atom stereocenters. The molecule has 0 radical (unpaired) electrons. The molecular weight excluding hydrogens is 385 g/mol. The molecule has 1 aliphatic carbocycles. The zero-order valence-electron chi connectivity index (χ0n) is 16.7. The van der Waals surface area contributed by atoms with Gasteiger partial charge in [-0.3, -0.25) is 0 Å². The van der Waals surface area contributed by atoms with Crippen molar-refractivity contribution in [3.8, 4) is 5.00 Å². The lowest BCUT2D eigenvalue weighted by Crippen LogP contribution is -2.36. The number of aryl methyl sites for hydroxylation is 2. The highest BCUT2D eigenvalue weighted by atomic mass is 32.1. The molecule has 0 bridgehead atoms. The van der Waals surface area contributed by atoms with Crippen molar-refractivity contribution in [2.75, 3.05) is 5.32 Å². The fourth-order valence-corrected chi connectivity index (χ4v) is 5.88. The molecule has 6 heteroatoms. The van der Waals surface area contributed by atoms with E-state index < -0.39 is 0 Å². The molecule has 3 aromatic rings. The largest absolute Gasteiger partial charge is 0.322 e. The number of urea groups is 1. The quantitative estimate of drug-likeness (QED) is 0.528. The second kappa shape index (κ2) is 7.02. The van der Waals surface area contributed by atoms with E-state index >= 15 is 0 Å². The molecule has 150 valence electrons. The molecule has 5 rings (SSSR count). The molecule has 1 aromatic carbocycles. The Balaban J connectivity index is 1.53. The maximum atomic E-state index is 13.9. The third-order valence-electron chi connectivity index (χ3n) is 6.17. The molecule has 2 aliphatic rings. The normalized spacial score (nSPS) is 17.9. The number of thiophene rings is 1. The van der Waals surface area contributed by atoms with E-state index in [0.29, 0.717) is 17.8 Å². The number of rotatable bonds is 1. The van der Waals surface area contributed by atoms with Gasteiger partial charge in [-0.05, 0) is 74.9 Å². The van der Waals surface area contributed by atoms with Gasteiger partial charge in [0.2, 0.25) is 0 Å². The van der Waals surface area contributed by atoms with Gasteiger partial charge in [0.1, 0.15) is 10.8 Å². The van der Waals surface area contributed by atoms with Crippen molar-refractivity contribution in [3.05, 3.63) is 69.6 Å². The van der Waals surface area contributed by atoms with Gasteiger partial charge in [-0.25, -0.2) is 9.18 Å². The van der Waals surface area contributed by atoms with Crippen LogP contribution in [0.1, 0.15) is 53.1 Å². The maximum Gasteiger partial charge on any atom is 0.322 e. The molecule has 3 heterocycles. The number of nitrogens with zero attached hydrogens (tertiary/aromatic N) is 2. The number of carbonyl (C=O) groups excluding carboxylic acids is 1. The molecule has 29 heavy (non-hydrogen) atoms. The Labute approximate surface area is 174 Å². The van der Waals surface area contributed by atoms with E-state index in [1.165, 1.54) is 39.9 Å². The number of nitrogens with one attached hydrogen (secondary N) is 1. The van der Waals surface area contributed by atoms with Gasteiger partial charge in [0, 0.05) is 28.0 Å². The number of fused-ring (bicyclic) bond motifs is 5. The Kier molecular flexibility index (Phi) is 4.46. The van der Waals surface area contributed by atoms with Gasteiger partial charge in [-0.2, -0.15) is 0 Å². The van der Waals surface area contributed by atoms with Crippen LogP contribution < -0.4 is 5.32 Å². The molecule has 1 N–H and O–H groups in total. The summed E-state index contributed by atoms with van der Waals surface area (Å²) in [5, 5.41) is 4.16. The second-order valence-electron chi connectivity index (χ2n) is 8.00. The van der Waals surface area contributed by atoms with Gasteiger partial charge in [-0.1, -0.05) is 6.07 Å². The lowest BCUT2D eigenvalue weighted by molar-refractivity contribution is 0.189. The number of hydrogen-bond donors (Lipinski definition) is 1. The van der Waals surface area contributed by atoms with E-state index in [-0.39, 0.29) is 17.9 Å². The topological polar surface area (TPSA) is 37.3 Å². The standard InChI is InChI=1S/C23H24FN3OS/c1-14-9-10-16(12-19(14)24)25-23(28)27-13-18-17-6-3-4-8-21(17)29-22(18)26-11-5-7-20(26)15(27)2/h5,7,9-12,15H,3-4,6,8,13H2,1-2H3,(H,25,28). The van der Waals surface area contributed by atoms with E-state index in [0.717, 1.165) is 18.5 Å². The van der Waals surface area contributed by atoms with Crippen molar-refractivity contribution < 1.29 is 9.18 Å². The summed E-state index contributed by atoms with van der Waals surface area (Å²) >= 11 is 1.88. The van der Waals surface area contributed by atoms with E-state index in [1.54, 1.807) is 19.1 Å². The van der Waals surface area contributed by atoms with Crippen LogP contribution in [0.2, 0.25) is 0 Å². The Morgan fingerprint density at radius 3 is 2.86 bits per heavy atom. The van der Waals surface area contributed by atoms with E-state index in [1.807, 2.05) is 22.3 Å². The molecule has 2 aromatic heterocycles. The van der Waals surface area contributed by atoms with Crippen LogP contribution in [0, 0.1) is 12.7 Å². The van der Waals surface area contributed by atoms with E-state index in [4.69, 9.17) is 0 Å². The Bertz CT molecular complexity index is 1100. The molecule has 2 amide bonds. The van der Waals surface area contributed by atoms with Crippen LogP contribution >= 0.6 is 11.3 Å². The molecular formula is C23H24FN3OS. The SMILES string of the molecule is Cc1ccc(NC(=O)N2Cc3c(sc4c3CCCC4)-n3cccc3C2C)cc1F. The third-order valence-corrected chi connectivity index (χ3v) is 7.50. The maximum absolute atomic E-state index is 13.9. The molecule has 0 saturated carbocycles. The first kappa shape index (κ1) is 18.4. The first-order chi connectivity index (χ1) is 14.0. The lowest BCUT2D eigenvalue weighted by atomic mass is 9.95. The van der Waals surface area contributed by atoms with Crippen molar-refractivity contribution >= 4 is 23.1 Å². The van der Waals surface area contributed by atoms with Crippen LogP contribution in [0.25, 0.3) is 5.00 Å². The highest BCUT2D eigenvalue weighted by Gasteiger charge is 2.33. The van der Waals surface area contributed by atoms with Gasteiger partial charge < -0.3 is 14.8 Å². The van der Waals surface area contributed by atoms with Gasteiger partial charge in [0.05, 0.1) is 12.6 Å². The molecule has 1 aliphatic heterocycles. The summed E-state index contributed by atoms with van der Waals surface area (Å²) in [7, 11) is 0. The van der Waals surface area contributed by atoms with Crippen LogP contribution in [0.15, 0.2) is 36.5 Å². The minimum atomic E-state index is -0.310. The molecule has 1 atom stereocenters. The van der Waals surface area contributed by atoms with Crippen LogP contribution in [-0.2, 0) is 19.4 Å². The first-order valence-electron chi connectivity index (χ1n) is 10.2. The molecule has 0 spiro atoms. The number of anilines is 1. The van der Waals surface area contributed by atoms with Crippen molar-refractivity contribution in [1.29, 1.82) is 0 Å². The van der Waals surface area contributed by atoms with Crippen molar-refractivity contribution in [2.24, 2.45) is 0 Å². The number of halogens is 1. The zero-order valence-corrected chi connectivity index (χ0v) is 17.5. The highest BCUT2D eigenvalue weighted by molar-refractivity contribution is 7.15. The fraction of sp³-hybridized carbons (Fsp3) is 0.348. The average Bonchev–Trinajstić information content (AvgIpc) is 3.30.